The molecule has 150 valence electrons. The molecule has 1 aliphatic rings. The summed E-state index contributed by atoms with van der Waals surface area (Å²) in [5.74, 6) is 7.20. The van der Waals surface area contributed by atoms with E-state index in [4.69, 9.17) is 0 Å². The van der Waals surface area contributed by atoms with Gasteiger partial charge >= 0.3 is 0 Å². The molecule has 1 aliphatic carbocycles. The average molecular weight is 351 g/mol. The highest BCUT2D eigenvalue weighted by Gasteiger charge is 2.46. The van der Waals surface area contributed by atoms with Gasteiger partial charge in [-0.2, -0.15) is 0 Å². The summed E-state index contributed by atoms with van der Waals surface area (Å²) in [6.45, 7) is 24.9. The molecule has 0 heterocycles. The number of hydrogen-bond donors (Lipinski definition) is 0. The summed E-state index contributed by atoms with van der Waals surface area (Å²) < 4.78 is 0. The van der Waals surface area contributed by atoms with Gasteiger partial charge in [-0.1, -0.05) is 88.5 Å². The van der Waals surface area contributed by atoms with Gasteiger partial charge in [-0.15, -0.1) is 0 Å². The summed E-state index contributed by atoms with van der Waals surface area (Å²) in [5.41, 5.74) is 0.456. The standard InChI is InChI=1S/C25H50/c1-11-17(4)14-22(18(5)12-2)16-24(21(8)23-15-19(23)6)25(9,10)20(7)13-3/h17-24H,11-16H2,1-10H3. The maximum absolute atomic E-state index is 2.60. The minimum absolute atomic E-state index is 0.456. The molecule has 0 N–H and O–H groups in total. The fourth-order valence-corrected chi connectivity index (χ4v) is 5.37. The SMILES string of the molecule is CCC(C)CC(CC(C(C)C1CC1C)C(C)(C)C(C)CC)C(C)CC. The molecule has 0 nitrogen and oxygen atoms in total. The highest BCUT2D eigenvalue weighted by molar-refractivity contribution is 4.96. The molecule has 0 radical (unpaired) electrons. The van der Waals surface area contributed by atoms with Crippen molar-refractivity contribution < 1.29 is 0 Å². The zero-order valence-electron chi connectivity index (χ0n) is 19.4. The first-order valence-corrected chi connectivity index (χ1v) is 11.6. The monoisotopic (exact) mass is 350 g/mol. The van der Waals surface area contributed by atoms with Crippen LogP contribution in [0.1, 0.15) is 108 Å². The van der Waals surface area contributed by atoms with Crippen LogP contribution in [0.4, 0.5) is 0 Å². The molecular weight excluding hydrogens is 300 g/mol. The highest BCUT2D eigenvalue weighted by atomic mass is 14.5. The van der Waals surface area contributed by atoms with Crippen molar-refractivity contribution in [1.29, 1.82) is 0 Å². The molecular formula is C25H50. The van der Waals surface area contributed by atoms with E-state index in [-0.39, 0.29) is 0 Å². The second kappa shape index (κ2) is 9.80. The van der Waals surface area contributed by atoms with E-state index < -0.39 is 0 Å². The molecule has 8 atom stereocenters. The summed E-state index contributed by atoms with van der Waals surface area (Å²) in [6, 6.07) is 0. The van der Waals surface area contributed by atoms with Crippen molar-refractivity contribution in [3.8, 4) is 0 Å². The van der Waals surface area contributed by atoms with Crippen LogP contribution < -0.4 is 0 Å². The largest absolute Gasteiger partial charge is 0.0651 e. The van der Waals surface area contributed by atoms with E-state index in [9.17, 15) is 0 Å². The molecule has 1 fully saturated rings. The predicted molar refractivity (Wildman–Crippen MR) is 115 cm³/mol. The normalized spacial score (nSPS) is 28.1. The summed E-state index contributed by atoms with van der Waals surface area (Å²) in [6.07, 6.45) is 8.36. The summed E-state index contributed by atoms with van der Waals surface area (Å²) in [5, 5.41) is 0. The van der Waals surface area contributed by atoms with Gasteiger partial charge in [0.1, 0.15) is 0 Å². The Kier molecular flexibility index (Phi) is 9.03. The van der Waals surface area contributed by atoms with E-state index in [1.165, 1.54) is 38.5 Å². The van der Waals surface area contributed by atoms with Gasteiger partial charge in [-0.05, 0) is 72.0 Å². The first kappa shape index (κ1) is 23.0. The molecule has 1 saturated carbocycles. The average Bonchev–Trinajstić information content (AvgIpc) is 3.32. The van der Waals surface area contributed by atoms with E-state index in [1.54, 1.807) is 0 Å². The Balaban J connectivity index is 3.03. The van der Waals surface area contributed by atoms with Crippen LogP contribution in [0.15, 0.2) is 0 Å². The molecule has 0 saturated heterocycles. The quantitative estimate of drug-likeness (QED) is 0.331. The second-order valence-corrected chi connectivity index (χ2v) is 10.6. The smallest absolute Gasteiger partial charge is 0.0298 e. The fraction of sp³-hybridized carbons (Fsp3) is 1.00. The van der Waals surface area contributed by atoms with Crippen LogP contribution >= 0.6 is 0 Å². The van der Waals surface area contributed by atoms with Crippen LogP contribution in [0.3, 0.4) is 0 Å². The van der Waals surface area contributed by atoms with Gasteiger partial charge in [-0.3, -0.25) is 0 Å². The Hall–Kier alpha value is 0. The van der Waals surface area contributed by atoms with Crippen molar-refractivity contribution in [2.24, 2.45) is 52.8 Å². The van der Waals surface area contributed by atoms with Gasteiger partial charge in [0.2, 0.25) is 0 Å². The lowest BCUT2D eigenvalue weighted by molar-refractivity contribution is 0.0363. The number of hydrogen-bond acceptors (Lipinski definition) is 0. The van der Waals surface area contributed by atoms with Gasteiger partial charge in [0.15, 0.2) is 0 Å². The molecule has 0 bridgehead atoms. The molecule has 0 aliphatic heterocycles. The second-order valence-electron chi connectivity index (χ2n) is 10.6. The van der Waals surface area contributed by atoms with Gasteiger partial charge in [0.25, 0.3) is 0 Å². The first-order chi connectivity index (χ1) is 11.6. The Morgan fingerprint density at radius 1 is 0.880 bits per heavy atom. The summed E-state index contributed by atoms with van der Waals surface area (Å²) >= 11 is 0. The third-order valence-corrected chi connectivity index (χ3v) is 8.73. The zero-order chi connectivity index (χ0) is 19.4. The third-order valence-electron chi connectivity index (χ3n) is 8.73. The van der Waals surface area contributed by atoms with E-state index in [0.717, 1.165) is 47.3 Å². The van der Waals surface area contributed by atoms with Gasteiger partial charge in [0, 0.05) is 0 Å². The summed E-state index contributed by atoms with van der Waals surface area (Å²) in [7, 11) is 0. The zero-order valence-corrected chi connectivity index (χ0v) is 19.4. The molecule has 0 aromatic carbocycles. The van der Waals surface area contributed by atoms with Crippen molar-refractivity contribution in [3.05, 3.63) is 0 Å². The topological polar surface area (TPSA) is 0 Å². The van der Waals surface area contributed by atoms with Crippen molar-refractivity contribution in [1.82, 2.24) is 0 Å². The molecule has 8 unspecified atom stereocenters. The summed E-state index contributed by atoms with van der Waals surface area (Å²) in [4.78, 5) is 0. The minimum Gasteiger partial charge on any atom is -0.0651 e. The molecule has 0 aromatic heterocycles. The van der Waals surface area contributed by atoms with Crippen molar-refractivity contribution in [2.45, 2.75) is 108 Å². The van der Waals surface area contributed by atoms with Crippen LogP contribution in [0.2, 0.25) is 0 Å². The molecule has 25 heavy (non-hydrogen) atoms. The molecule has 0 heteroatoms. The lowest BCUT2D eigenvalue weighted by atomic mass is 9.60. The van der Waals surface area contributed by atoms with Crippen LogP contribution in [0.5, 0.6) is 0 Å². The lowest BCUT2D eigenvalue weighted by Crippen LogP contribution is -2.38. The Labute approximate surface area is 160 Å². The van der Waals surface area contributed by atoms with E-state index in [1.807, 2.05) is 0 Å². The van der Waals surface area contributed by atoms with Crippen LogP contribution in [-0.4, -0.2) is 0 Å². The van der Waals surface area contributed by atoms with Crippen molar-refractivity contribution in [3.63, 3.8) is 0 Å². The van der Waals surface area contributed by atoms with E-state index in [2.05, 4.69) is 69.2 Å². The van der Waals surface area contributed by atoms with Crippen LogP contribution in [-0.2, 0) is 0 Å². The number of rotatable bonds is 12. The maximum Gasteiger partial charge on any atom is -0.0298 e. The maximum atomic E-state index is 2.60. The van der Waals surface area contributed by atoms with Gasteiger partial charge in [-0.25, -0.2) is 0 Å². The molecule has 1 rings (SSSR count). The molecule has 0 aromatic rings. The lowest BCUT2D eigenvalue weighted by Gasteiger charge is -2.45. The van der Waals surface area contributed by atoms with Gasteiger partial charge in [0.05, 0.1) is 0 Å². The molecule has 0 amide bonds. The first-order valence-electron chi connectivity index (χ1n) is 11.6. The fourth-order valence-electron chi connectivity index (χ4n) is 5.37. The van der Waals surface area contributed by atoms with E-state index in [0.29, 0.717) is 5.41 Å². The Bertz CT molecular complexity index is 368. The minimum atomic E-state index is 0.456. The van der Waals surface area contributed by atoms with Crippen molar-refractivity contribution >= 4 is 0 Å². The van der Waals surface area contributed by atoms with E-state index >= 15 is 0 Å². The predicted octanol–water partition coefficient (Wildman–Crippen LogP) is 8.46. The van der Waals surface area contributed by atoms with Gasteiger partial charge < -0.3 is 0 Å². The van der Waals surface area contributed by atoms with Crippen LogP contribution in [0, 0.1) is 52.8 Å². The highest BCUT2D eigenvalue weighted by Crippen LogP contribution is 2.54. The molecule has 0 spiro atoms. The van der Waals surface area contributed by atoms with Crippen molar-refractivity contribution in [2.75, 3.05) is 0 Å². The Morgan fingerprint density at radius 2 is 1.44 bits per heavy atom. The van der Waals surface area contributed by atoms with Crippen LogP contribution in [0.25, 0.3) is 0 Å². The third kappa shape index (κ3) is 6.00. The Morgan fingerprint density at radius 3 is 1.84 bits per heavy atom.